The van der Waals surface area contributed by atoms with Crippen LogP contribution in [0.4, 0.5) is 5.69 Å². The number of aromatic amines is 1. The first-order valence-corrected chi connectivity index (χ1v) is 6.18. The molecule has 2 N–H and O–H groups in total. The number of hydrogen-bond acceptors (Lipinski definition) is 1. The zero-order valence-corrected chi connectivity index (χ0v) is 10.6. The summed E-state index contributed by atoms with van der Waals surface area (Å²) in [4.78, 5) is 15.3. The number of H-pyrrole nitrogens is 1. The molecule has 3 aromatic rings. The number of rotatable bonds is 2. The first-order valence-electron chi connectivity index (χ1n) is 6.18. The lowest BCUT2D eigenvalue weighted by Gasteiger charge is -2.08. The Labute approximate surface area is 111 Å². The van der Waals surface area contributed by atoms with Crippen molar-refractivity contribution in [3.8, 4) is 0 Å². The van der Waals surface area contributed by atoms with Gasteiger partial charge >= 0.3 is 0 Å². The summed E-state index contributed by atoms with van der Waals surface area (Å²) >= 11 is 0. The number of nitrogens with one attached hydrogen (secondary N) is 2. The Hall–Kier alpha value is -2.55. The lowest BCUT2D eigenvalue weighted by atomic mass is 10.1. The van der Waals surface area contributed by atoms with Crippen molar-refractivity contribution in [3.05, 3.63) is 65.9 Å². The molecular formula is C16H14N2O. The Morgan fingerprint density at radius 3 is 2.79 bits per heavy atom. The van der Waals surface area contributed by atoms with Crippen LogP contribution < -0.4 is 5.32 Å². The van der Waals surface area contributed by atoms with Gasteiger partial charge in [0.1, 0.15) is 0 Å². The zero-order chi connectivity index (χ0) is 13.2. The highest BCUT2D eigenvalue weighted by atomic mass is 16.1. The van der Waals surface area contributed by atoms with Crippen LogP contribution in [0.3, 0.4) is 0 Å². The van der Waals surface area contributed by atoms with E-state index >= 15 is 0 Å². The average molecular weight is 250 g/mol. The van der Waals surface area contributed by atoms with Crippen LogP contribution in [0.5, 0.6) is 0 Å². The highest BCUT2D eigenvalue weighted by Gasteiger charge is 2.08. The third-order valence-corrected chi connectivity index (χ3v) is 3.21. The molecule has 3 nitrogen and oxygen atoms in total. The number of benzene rings is 2. The van der Waals surface area contributed by atoms with Gasteiger partial charge < -0.3 is 10.3 Å². The number of carbonyl (C=O) groups excluding carboxylic acids is 1. The molecule has 0 aliphatic rings. The monoisotopic (exact) mass is 250 g/mol. The number of amides is 1. The van der Waals surface area contributed by atoms with Crippen LogP contribution in [0.1, 0.15) is 15.9 Å². The molecule has 1 heterocycles. The lowest BCUT2D eigenvalue weighted by Crippen LogP contribution is -2.12. The molecule has 0 fully saturated rings. The molecule has 0 saturated carbocycles. The molecule has 3 rings (SSSR count). The topological polar surface area (TPSA) is 44.9 Å². The fourth-order valence-corrected chi connectivity index (χ4v) is 2.10. The van der Waals surface area contributed by atoms with Crippen molar-refractivity contribution in [2.75, 3.05) is 5.32 Å². The Balaban J connectivity index is 1.89. The van der Waals surface area contributed by atoms with E-state index in [1.165, 1.54) is 0 Å². The summed E-state index contributed by atoms with van der Waals surface area (Å²) in [6.45, 7) is 1.98. The van der Waals surface area contributed by atoms with E-state index in [1.807, 2.05) is 61.7 Å². The molecule has 1 aromatic heterocycles. The minimum Gasteiger partial charge on any atom is -0.361 e. The van der Waals surface area contributed by atoms with Crippen molar-refractivity contribution in [2.24, 2.45) is 0 Å². The van der Waals surface area contributed by atoms with Crippen LogP contribution in [0.25, 0.3) is 10.9 Å². The maximum atomic E-state index is 12.2. The second-order valence-electron chi connectivity index (χ2n) is 4.55. The zero-order valence-electron chi connectivity index (χ0n) is 10.6. The molecule has 0 bridgehead atoms. The molecule has 0 spiro atoms. The quantitative estimate of drug-likeness (QED) is 0.715. The van der Waals surface area contributed by atoms with Crippen molar-refractivity contribution in [3.63, 3.8) is 0 Å². The Kier molecular flexibility index (Phi) is 2.80. The maximum absolute atomic E-state index is 12.2. The van der Waals surface area contributed by atoms with E-state index < -0.39 is 0 Å². The lowest BCUT2D eigenvalue weighted by molar-refractivity contribution is 0.102. The van der Waals surface area contributed by atoms with Crippen molar-refractivity contribution < 1.29 is 4.79 Å². The van der Waals surface area contributed by atoms with Gasteiger partial charge in [-0.1, -0.05) is 24.3 Å². The number of hydrogen-bond donors (Lipinski definition) is 2. The minimum absolute atomic E-state index is 0.0919. The van der Waals surface area contributed by atoms with Gasteiger partial charge in [-0.2, -0.15) is 0 Å². The second-order valence-corrected chi connectivity index (χ2v) is 4.55. The molecule has 0 aliphatic heterocycles. The molecule has 3 heteroatoms. The summed E-state index contributed by atoms with van der Waals surface area (Å²) in [5.41, 5.74) is 3.52. The molecular weight excluding hydrogens is 236 g/mol. The van der Waals surface area contributed by atoms with Gasteiger partial charge in [0, 0.05) is 23.0 Å². The number of aryl methyl sites for hydroxylation is 1. The first-order chi connectivity index (χ1) is 9.24. The van der Waals surface area contributed by atoms with Gasteiger partial charge in [0.2, 0.25) is 0 Å². The summed E-state index contributed by atoms with van der Waals surface area (Å²) in [7, 11) is 0. The molecule has 0 saturated heterocycles. The number of fused-ring (bicyclic) bond motifs is 1. The van der Waals surface area contributed by atoms with Gasteiger partial charge in [-0.05, 0) is 42.1 Å². The van der Waals surface area contributed by atoms with Crippen molar-refractivity contribution in [2.45, 2.75) is 6.92 Å². The third kappa shape index (κ3) is 2.22. The summed E-state index contributed by atoms with van der Waals surface area (Å²) in [6.07, 6.45) is 1.87. The van der Waals surface area contributed by atoms with Gasteiger partial charge in [-0.25, -0.2) is 0 Å². The van der Waals surface area contributed by atoms with Crippen LogP contribution in [0.15, 0.2) is 54.7 Å². The number of anilines is 1. The minimum atomic E-state index is -0.0919. The van der Waals surface area contributed by atoms with E-state index in [2.05, 4.69) is 10.3 Å². The highest BCUT2D eigenvalue weighted by molar-refractivity contribution is 6.06. The molecule has 1 amide bonds. The predicted octanol–water partition coefficient (Wildman–Crippen LogP) is 3.73. The number of aromatic nitrogens is 1. The van der Waals surface area contributed by atoms with Crippen LogP contribution in [0.2, 0.25) is 0 Å². The van der Waals surface area contributed by atoms with Gasteiger partial charge in [-0.3, -0.25) is 4.79 Å². The third-order valence-electron chi connectivity index (χ3n) is 3.21. The molecule has 0 radical (unpaired) electrons. The number of carbonyl (C=O) groups is 1. The second kappa shape index (κ2) is 4.61. The average Bonchev–Trinajstić information content (AvgIpc) is 2.88. The van der Waals surface area contributed by atoms with Gasteiger partial charge in [0.15, 0.2) is 0 Å². The van der Waals surface area contributed by atoms with E-state index in [9.17, 15) is 4.79 Å². The van der Waals surface area contributed by atoms with Crippen LogP contribution in [0, 0.1) is 6.92 Å². The van der Waals surface area contributed by atoms with Gasteiger partial charge in [-0.15, -0.1) is 0 Å². The fraction of sp³-hybridized carbons (Fsp3) is 0.0625. The smallest absolute Gasteiger partial charge is 0.255 e. The van der Waals surface area contributed by atoms with Crippen molar-refractivity contribution >= 4 is 22.5 Å². The standard InChI is InChI=1S/C16H14N2O/c1-11-4-2-3-5-14(11)18-16(19)13-7-6-12-8-9-17-15(12)10-13/h2-10,17H,1H3,(H,18,19). The van der Waals surface area contributed by atoms with Crippen LogP contribution >= 0.6 is 0 Å². The Morgan fingerprint density at radius 2 is 1.95 bits per heavy atom. The van der Waals surface area contributed by atoms with Gasteiger partial charge in [0.25, 0.3) is 5.91 Å². The largest absolute Gasteiger partial charge is 0.361 e. The van der Waals surface area contributed by atoms with Crippen molar-refractivity contribution in [1.82, 2.24) is 4.98 Å². The summed E-state index contributed by atoms with van der Waals surface area (Å²) < 4.78 is 0. The Bertz CT molecular complexity index is 743. The van der Waals surface area contributed by atoms with E-state index in [0.717, 1.165) is 22.2 Å². The van der Waals surface area contributed by atoms with Crippen LogP contribution in [-0.2, 0) is 0 Å². The Morgan fingerprint density at radius 1 is 1.11 bits per heavy atom. The molecule has 94 valence electrons. The van der Waals surface area contributed by atoms with E-state index in [0.29, 0.717) is 5.56 Å². The summed E-state index contributed by atoms with van der Waals surface area (Å²) in [5.74, 6) is -0.0919. The predicted molar refractivity (Wildman–Crippen MR) is 77.4 cm³/mol. The van der Waals surface area contributed by atoms with E-state index in [1.54, 1.807) is 0 Å². The highest BCUT2D eigenvalue weighted by Crippen LogP contribution is 2.17. The fourth-order valence-electron chi connectivity index (χ4n) is 2.10. The van der Waals surface area contributed by atoms with E-state index in [-0.39, 0.29) is 5.91 Å². The molecule has 0 atom stereocenters. The maximum Gasteiger partial charge on any atom is 0.255 e. The summed E-state index contributed by atoms with van der Waals surface area (Å²) in [5, 5.41) is 4.03. The normalized spacial score (nSPS) is 10.6. The molecule has 2 aromatic carbocycles. The molecule has 0 unspecified atom stereocenters. The van der Waals surface area contributed by atoms with E-state index in [4.69, 9.17) is 0 Å². The molecule has 19 heavy (non-hydrogen) atoms. The van der Waals surface area contributed by atoms with Gasteiger partial charge in [0.05, 0.1) is 0 Å². The SMILES string of the molecule is Cc1ccccc1NC(=O)c1ccc2cc[nH]c2c1. The first kappa shape index (κ1) is 11.5. The summed E-state index contributed by atoms with van der Waals surface area (Å²) in [6, 6.07) is 15.4. The van der Waals surface area contributed by atoms with Crippen LogP contribution in [-0.4, -0.2) is 10.9 Å². The molecule has 0 aliphatic carbocycles. The van der Waals surface area contributed by atoms with Crippen molar-refractivity contribution in [1.29, 1.82) is 0 Å². The number of para-hydroxylation sites is 1.